The minimum absolute atomic E-state index is 0.254. The number of unbranched alkanes of at least 4 members (excludes halogenated alkanes) is 3. The molecule has 5 nitrogen and oxygen atoms in total. The Labute approximate surface area is 216 Å². The number of carbonyl (C=O) groups excluding carboxylic acids is 1. The number of carbonyl (C=O) groups is 1. The van der Waals surface area contributed by atoms with Crippen molar-refractivity contribution in [2.75, 3.05) is 13.2 Å². The number of benzene rings is 2. The number of para-hydroxylation sites is 3. The van der Waals surface area contributed by atoms with E-state index in [9.17, 15) is 4.79 Å². The summed E-state index contributed by atoms with van der Waals surface area (Å²) in [5, 5.41) is 3.17. The molecule has 36 heavy (non-hydrogen) atoms. The highest BCUT2D eigenvalue weighted by molar-refractivity contribution is 5.78. The van der Waals surface area contributed by atoms with Crippen molar-refractivity contribution in [2.24, 2.45) is 5.92 Å². The van der Waals surface area contributed by atoms with Gasteiger partial charge in [-0.25, -0.2) is 4.98 Å². The number of imidazole rings is 1. The van der Waals surface area contributed by atoms with Crippen LogP contribution in [0.5, 0.6) is 5.75 Å². The monoisotopic (exact) mass is 489 g/mol. The van der Waals surface area contributed by atoms with E-state index in [0.717, 1.165) is 82.3 Å². The van der Waals surface area contributed by atoms with Gasteiger partial charge in [-0.3, -0.25) is 4.79 Å². The number of ether oxygens (including phenoxy) is 1. The van der Waals surface area contributed by atoms with Gasteiger partial charge < -0.3 is 14.6 Å². The number of amides is 1. The van der Waals surface area contributed by atoms with Crippen LogP contribution < -0.4 is 10.1 Å². The molecule has 0 bridgehead atoms. The first-order chi connectivity index (χ1) is 17.6. The van der Waals surface area contributed by atoms with Crippen molar-refractivity contribution in [3.05, 3.63) is 59.4 Å². The second-order valence-corrected chi connectivity index (χ2v) is 10.4. The molecular weight excluding hydrogens is 446 g/mol. The van der Waals surface area contributed by atoms with E-state index >= 15 is 0 Å². The van der Waals surface area contributed by atoms with Gasteiger partial charge in [-0.1, -0.05) is 56.0 Å². The van der Waals surface area contributed by atoms with Gasteiger partial charge in [-0.05, 0) is 75.6 Å². The Kier molecular flexibility index (Phi) is 9.83. The molecule has 1 aliphatic carbocycles. The molecule has 3 aromatic rings. The smallest absolute Gasteiger partial charge is 0.223 e. The minimum Gasteiger partial charge on any atom is -0.493 e. The molecule has 2 aromatic carbocycles. The topological polar surface area (TPSA) is 56.1 Å². The summed E-state index contributed by atoms with van der Waals surface area (Å²) in [7, 11) is 0. The number of nitrogens with zero attached hydrogens (tertiary/aromatic N) is 2. The zero-order valence-corrected chi connectivity index (χ0v) is 22.2. The van der Waals surface area contributed by atoms with E-state index in [-0.39, 0.29) is 11.8 Å². The van der Waals surface area contributed by atoms with Gasteiger partial charge in [-0.2, -0.15) is 0 Å². The average molecular weight is 490 g/mol. The van der Waals surface area contributed by atoms with Crippen LogP contribution in [0.2, 0.25) is 0 Å². The van der Waals surface area contributed by atoms with Crippen LogP contribution in [0.1, 0.15) is 81.2 Å². The molecule has 0 saturated heterocycles. The number of nitrogens with one attached hydrogen (secondary N) is 1. The lowest BCUT2D eigenvalue weighted by Crippen LogP contribution is -2.32. The number of rotatable bonds is 13. The molecule has 1 heterocycles. The lowest BCUT2D eigenvalue weighted by atomic mass is 9.89. The van der Waals surface area contributed by atoms with E-state index < -0.39 is 0 Å². The van der Waals surface area contributed by atoms with E-state index in [4.69, 9.17) is 9.72 Å². The second kappa shape index (κ2) is 13.5. The molecule has 1 aromatic heterocycles. The van der Waals surface area contributed by atoms with E-state index in [0.29, 0.717) is 0 Å². The van der Waals surface area contributed by atoms with Gasteiger partial charge in [0.15, 0.2) is 0 Å². The van der Waals surface area contributed by atoms with Crippen LogP contribution in [0.4, 0.5) is 0 Å². The molecule has 0 radical (unpaired) electrons. The molecule has 1 fully saturated rings. The quantitative estimate of drug-likeness (QED) is 0.265. The van der Waals surface area contributed by atoms with E-state index in [1.165, 1.54) is 41.7 Å². The van der Waals surface area contributed by atoms with Gasteiger partial charge in [-0.15, -0.1) is 0 Å². The first-order valence-corrected chi connectivity index (χ1v) is 14.0. The molecule has 0 aliphatic heterocycles. The van der Waals surface area contributed by atoms with Crippen molar-refractivity contribution in [3.8, 4) is 5.75 Å². The Hall–Kier alpha value is -2.82. The van der Waals surface area contributed by atoms with Crippen LogP contribution in [0.25, 0.3) is 11.0 Å². The summed E-state index contributed by atoms with van der Waals surface area (Å²) in [5.74, 6) is 2.74. The lowest BCUT2D eigenvalue weighted by molar-refractivity contribution is -0.125. The first kappa shape index (κ1) is 26.2. The summed E-state index contributed by atoms with van der Waals surface area (Å²) < 4.78 is 8.51. The van der Waals surface area contributed by atoms with Crippen molar-refractivity contribution in [3.63, 3.8) is 0 Å². The fraction of sp³-hybridized carbons (Fsp3) is 0.548. The Morgan fingerprint density at radius 2 is 1.72 bits per heavy atom. The molecule has 0 atom stereocenters. The van der Waals surface area contributed by atoms with Gasteiger partial charge >= 0.3 is 0 Å². The zero-order valence-electron chi connectivity index (χ0n) is 22.2. The lowest BCUT2D eigenvalue weighted by Gasteiger charge is -2.20. The fourth-order valence-corrected chi connectivity index (χ4v) is 5.44. The molecule has 1 amide bonds. The Morgan fingerprint density at radius 1 is 0.944 bits per heavy atom. The van der Waals surface area contributed by atoms with Crippen molar-refractivity contribution < 1.29 is 9.53 Å². The molecule has 4 rings (SSSR count). The van der Waals surface area contributed by atoms with E-state index in [1.807, 2.05) is 0 Å². The fourth-order valence-electron chi connectivity index (χ4n) is 5.44. The molecule has 0 unspecified atom stereocenters. The van der Waals surface area contributed by atoms with Crippen LogP contribution in [-0.4, -0.2) is 28.6 Å². The highest BCUT2D eigenvalue weighted by Crippen LogP contribution is 2.24. The van der Waals surface area contributed by atoms with Gasteiger partial charge in [0.2, 0.25) is 5.91 Å². The maximum absolute atomic E-state index is 12.3. The van der Waals surface area contributed by atoms with Gasteiger partial charge in [0.05, 0.1) is 17.6 Å². The number of hydrogen-bond donors (Lipinski definition) is 1. The van der Waals surface area contributed by atoms with Crippen LogP contribution in [-0.2, 0) is 17.8 Å². The predicted octanol–water partition coefficient (Wildman–Crippen LogP) is 6.92. The van der Waals surface area contributed by atoms with E-state index in [2.05, 4.69) is 66.2 Å². The molecule has 0 spiro atoms. The Balaban J connectivity index is 1.21. The van der Waals surface area contributed by atoms with Crippen LogP contribution in [0.15, 0.2) is 42.5 Å². The summed E-state index contributed by atoms with van der Waals surface area (Å²) >= 11 is 0. The normalized spacial score (nSPS) is 14.3. The first-order valence-electron chi connectivity index (χ1n) is 14.0. The number of fused-ring (bicyclic) bond motifs is 1. The summed E-state index contributed by atoms with van der Waals surface area (Å²) in [5.41, 5.74) is 4.71. The molecule has 1 saturated carbocycles. The highest BCUT2D eigenvalue weighted by Gasteiger charge is 2.20. The molecule has 1 aliphatic rings. The maximum Gasteiger partial charge on any atom is 0.223 e. The molecule has 1 N–H and O–H groups in total. The summed E-state index contributed by atoms with van der Waals surface area (Å²) in [6.07, 6.45) is 12.1. The summed E-state index contributed by atoms with van der Waals surface area (Å²) in [4.78, 5) is 17.3. The highest BCUT2D eigenvalue weighted by atomic mass is 16.5. The largest absolute Gasteiger partial charge is 0.493 e. The van der Waals surface area contributed by atoms with Gasteiger partial charge in [0, 0.05) is 25.4 Å². The number of aromatic nitrogens is 2. The zero-order chi connectivity index (χ0) is 25.2. The Morgan fingerprint density at radius 3 is 2.53 bits per heavy atom. The second-order valence-electron chi connectivity index (χ2n) is 10.4. The standard InChI is InChI=1S/C31H43N3O2/c1-24-14-13-15-25(2)30(24)36-23-12-11-22-34-28-19-9-8-18-27(28)33-29(34)20-7-4-10-21-32-31(35)26-16-5-3-6-17-26/h8-9,13-15,18-19,26H,3-7,10-12,16-17,20-23H2,1-2H3,(H,32,35). The van der Waals surface area contributed by atoms with Gasteiger partial charge in [0.1, 0.15) is 11.6 Å². The van der Waals surface area contributed by atoms with Crippen molar-refractivity contribution >= 4 is 16.9 Å². The van der Waals surface area contributed by atoms with Gasteiger partial charge in [0.25, 0.3) is 0 Å². The van der Waals surface area contributed by atoms with E-state index in [1.54, 1.807) is 0 Å². The van der Waals surface area contributed by atoms with Crippen molar-refractivity contribution in [2.45, 2.75) is 91.0 Å². The van der Waals surface area contributed by atoms with Crippen molar-refractivity contribution in [1.82, 2.24) is 14.9 Å². The average Bonchev–Trinajstić information content (AvgIpc) is 3.25. The molecule has 194 valence electrons. The minimum atomic E-state index is 0.254. The number of hydrogen-bond acceptors (Lipinski definition) is 3. The molecular formula is C31H43N3O2. The summed E-state index contributed by atoms with van der Waals surface area (Å²) in [6, 6.07) is 14.8. The van der Waals surface area contributed by atoms with Crippen LogP contribution >= 0.6 is 0 Å². The van der Waals surface area contributed by atoms with Crippen molar-refractivity contribution in [1.29, 1.82) is 0 Å². The summed E-state index contributed by atoms with van der Waals surface area (Å²) in [6.45, 7) is 6.71. The third-order valence-electron chi connectivity index (χ3n) is 7.52. The van der Waals surface area contributed by atoms with Crippen LogP contribution in [0, 0.1) is 19.8 Å². The third-order valence-corrected chi connectivity index (χ3v) is 7.52. The SMILES string of the molecule is Cc1cccc(C)c1OCCCCn1c(CCCCCNC(=O)C2CCCCC2)nc2ccccc21. The third kappa shape index (κ3) is 7.11. The number of aryl methyl sites for hydroxylation is 4. The molecule has 5 heteroatoms. The Bertz CT molecular complexity index is 1090. The maximum atomic E-state index is 12.3. The predicted molar refractivity (Wildman–Crippen MR) is 148 cm³/mol. The van der Waals surface area contributed by atoms with Crippen LogP contribution in [0.3, 0.4) is 0 Å².